The summed E-state index contributed by atoms with van der Waals surface area (Å²) in [5, 5.41) is 0. The van der Waals surface area contributed by atoms with Crippen LogP contribution in [0.5, 0.6) is 0 Å². The summed E-state index contributed by atoms with van der Waals surface area (Å²) in [6.07, 6.45) is 0. The molecule has 5 aromatic carbocycles. The Hall–Kier alpha value is -4.37. The zero-order valence-corrected chi connectivity index (χ0v) is 45.6. The van der Waals surface area contributed by atoms with Crippen molar-refractivity contribution in [3.05, 3.63) is 148 Å². The second-order valence-corrected chi connectivity index (χ2v) is 24.8. The molecule has 0 spiro atoms. The molecule has 0 atom stereocenters. The fourth-order valence-corrected chi connectivity index (χ4v) is 14.9. The molecular formula is C59H81N5OP2. The lowest BCUT2D eigenvalue weighted by atomic mass is 9.92. The normalized spacial score (nSPS) is 15.6. The van der Waals surface area contributed by atoms with E-state index in [1.165, 1.54) is 67.3 Å². The second kappa shape index (κ2) is 21.5. The Kier molecular flexibility index (Phi) is 16.2. The van der Waals surface area contributed by atoms with E-state index < -0.39 is 16.7 Å². The summed E-state index contributed by atoms with van der Waals surface area (Å²) in [4.78, 5) is 5.84. The Bertz CT molecular complexity index is 2240. The van der Waals surface area contributed by atoms with Crippen LogP contribution in [-0.2, 0) is 4.52 Å². The predicted octanol–water partition coefficient (Wildman–Crippen LogP) is 18.3. The first-order chi connectivity index (χ1) is 31.9. The van der Waals surface area contributed by atoms with E-state index in [2.05, 4.69) is 233 Å². The van der Waals surface area contributed by atoms with Gasteiger partial charge in [-0.1, -0.05) is 202 Å². The maximum Gasteiger partial charge on any atom is 0.311 e. The average Bonchev–Trinajstić information content (AvgIpc) is 3.92. The van der Waals surface area contributed by atoms with Gasteiger partial charge in [0.15, 0.2) is 8.22 Å². The Morgan fingerprint density at radius 2 is 0.612 bits per heavy atom. The Labute approximate surface area is 409 Å². The molecule has 0 bridgehead atoms. The Balaban J connectivity index is 1.58. The molecule has 0 amide bonds. The molecule has 2 aliphatic heterocycles. The first-order valence-electron chi connectivity index (χ1n) is 25.5. The minimum absolute atomic E-state index is 0.332. The zero-order valence-electron chi connectivity index (χ0n) is 43.8. The highest BCUT2D eigenvalue weighted by Gasteiger charge is 2.47. The van der Waals surface area contributed by atoms with Crippen molar-refractivity contribution in [1.82, 2.24) is 0 Å². The molecule has 8 heteroatoms. The standard InChI is InChI=1S/C59H81N5OP2/c1-38(2)47-26-20-27-48(39(3)4)55(47)61-34-35-62(56-49(40(5)6)28-21-29-50(56)41(7)8)66(61)59(60-46-24-18-17-19-25-46)65-67-63(57-51(42(9)10)30-22-31-52(57)43(11)12)36-37-64(67)58-53(44(13)14)32-23-33-54(58)45(15)16/h17-33,38-45H,34-37H2,1-16H3. The third-order valence-corrected chi connectivity index (χ3v) is 18.0. The van der Waals surface area contributed by atoms with E-state index in [-0.39, 0.29) is 0 Å². The van der Waals surface area contributed by atoms with Crippen molar-refractivity contribution < 1.29 is 4.52 Å². The number of para-hydroxylation sites is 5. The number of rotatable bonds is 15. The van der Waals surface area contributed by atoms with Crippen molar-refractivity contribution in [1.29, 1.82) is 0 Å². The van der Waals surface area contributed by atoms with E-state index in [9.17, 15) is 0 Å². The molecule has 0 N–H and O–H groups in total. The van der Waals surface area contributed by atoms with Gasteiger partial charge in [-0.15, -0.1) is 0 Å². The molecule has 0 aliphatic carbocycles. The molecule has 2 aliphatic rings. The number of benzene rings is 5. The van der Waals surface area contributed by atoms with E-state index in [4.69, 9.17) is 9.52 Å². The number of nitrogens with zero attached hydrogens (tertiary/aromatic N) is 5. The topological polar surface area (TPSA) is 34.6 Å². The Morgan fingerprint density at radius 3 is 0.881 bits per heavy atom. The minimum Gasteiger partial charge on any atom is -0.414 e. The SMILES string of the molecule is CC(C)c1cccc(C(C)C)c1N1CCN(c2c(C(C)C)cccc2C(C)C)P1OC(=Nc1ccccc1)P1N(c2c(C(C)C)cccc2C(C)C)CCN1c1c(C(C)C)cccc1C(C)C. The summed E-state index contributed by atoms with van der Waals surface area (Å²) in [6.45, 7) is 41.1. The fourth-order valence-electron chi connectivity index (χ4n) is 10.1. The lowest BCUT2D eigenvalue weighted by molar-refractivity contribution is 0.623. The van der Waals surface area contributed by atoms with Crippen molar-refractivity contribution in [2.24, 2.45) is 4.99 Å². The molecule has 0 aromatic heterocycles. The summed E-state index contributed by atoms with van der Waals surface area (Å²) < 4.78 is 19.2. The molecule has 0 unspecified atom stereocenters. The van der Waals surface area contributed by atoms with E-state index in [0.717, 1.165) is 37.5 Å². The van der Waals surface area contributed by atoms with Crippen molar-refractivity contribution >= 4 is 50.7 Å². The van der Waals surface area contributed by atoms with Crippen LogP contribution in [0.3, 0.4) is 0 Å². The average molecular weight is 938 g/mol. The van der Waals surface area contributed by atoms with Crippen LogP contribution < -0.4 is 18.7 Å². The van der Waals surface area contributed by atoms with Gasteiger partial charge in [0.2, 0.25) is 0 Å². The fraction of sp³-hybridized carbons (Fsp3) is 0.475. The zero-order chi connectivity index (χ0) is 48.4. The van der Waals surface area contributed by atoms with Gasteiger partial charge >= 0.3 is 8.45 Å². The van der Waals surface area contributed by atoms with Gasteiger partial charge in [-0.3, -0.25) is 9.34 Å². The summed E-state index contributed by atoms with van der Waals surface area (Å²) >= 11 is 0. The highest BCUT2D eigenvalue weighted by atomic mass is 31.2. The Morgan fingerprint density at radius 1 is 0.358 bits per heavy atom. The molecule has 6 nitrogen and oxygen atoms in total. The van der Waals surface area contributed by atoms with Gasteiger partial charge in [0.1, 0.15) is 0 Å². The number of hydrogen-bond acceptors (Lipinski definition) is 6. The summed E-state index contributed by atoms with van der Waals surface area (Å²) in [7, 11) is -2.89. The summed E-state index contributed by atoms with van der Waals surface area (Å²) in [6, 6.07) is 38.7. The van der Waals surface area contributed by atoms with Crippen molar-refractivity contribution in [3.63, 3.8) is 0 Å². The van der Waals surface area contributed by atoms with Crippen molar-refractivity contribution in [2.45, 2.75) is 158 Å². The molecule has 5 aromatic rings. The molecular weight excluding hydrogens is 857 g/mol. The predicted molar refractivity (Wildman–Crippen MR) is 296 cm³/mol. The molecule has 2 heterocycles. The van der Waals surface area contributed by atoms with E-state index in [0.29, 0.717) is 47.3 Å². The van der Waals surface area contributed by atoms with Crippen LogP contribution in [0.1, 0.15) is 203 Å². The van der Waals surface area contributed by atoms with E-state index in [1.807, 2.05) is 0 Å². The summed E-state index contributed by atoms with van der Waals surface area (Å²) in [5.41, 5.74) is 18.1. The number of anilines is 4. The van der Waals surface area contributed by atoms with Gasteiger partial charge in [0.05, 0.1) is 17.1 Å². The van der Waals surface area contributed by atoms with E-state index >= 15 is 0 Å². The van der Waals surface area contributed by atoms with Gasteiger partial charge in [-0.2, -0.15) is 0 Å². The molecule has 7 rings (SSSR count). The third kappa shape index (κ3) is 10.3. The molecule has 358 valence electrons. The highest BCUT2D eigenvalue weighted by Crippen LogP contribution is 2.65. The molecule has 2 saturated heterocycles. The van der Waals surface area contributed by atoms with Gasteiger partial charge in [-0.05, 0) is 104 Å². The van der Waals surface area contributed by atoms with E-state index in [1.54, 1.807) is 0 Å². The quantitative estimate of drug-likeness (QED) is 0.0594. The van der Waals surface area contributed by atoms with Gasteiger partial charge in [-0.25, -0.2) is 4.99 Å². The maximum absolute atomic E-state index is 8.29. The number of aliphatic imine (C=N–C) groups is 1. The van der Waals surface area contributed by atoms with Crippen LogP contribution >= 0.6 is 16.7 Å². The highest BCUT2D eigenvalue weighted by molar-refractivity contribution is 7.79. The lowest BCUT2D eigenvalue weighted by Crippen LogP contribution is -2.28. The first kappa shape index (κ1) is 50.5. The van der Waals surface area contributed by atoms with Crippen molar-refractivity contribution in [2.75, 3.05) is 44.9 Å². The van der Waals surface area contributed by atoms with Gasteiger partial charge in [0.25, 0.3) is 5.64 Å². The van der Waals surface area contributed by atoms with Crippen LogP contribution in [-0.4, -0.2) is 31.8 Å². The third-order valence-electron chi connectivity index (χ3n) is 13.6. The van der Waals surface area contributed by atoms with Crippen LogP contribution in [0.25, 0.3) is 0 Å². The summed E-state index contributed by atoms with van der Waals surface area (Å²) in [5.74, 6) is 2.66. The van der Waals surface area contributed by atoms with Crippen LogP contribution in [0, 0.1) is 0 Å². The molecule has 0 saturated carbocycles. The lowest BCUT2D eigenvalue weighted by Gasteiger charge is -2.40. The molecule has 2 fully saturated rings. The number of hydrogen-bond donors (Lipinski definition) is 0. The van der Waals surface area contributed by atoms with Gasteiger partial charge < -0.3 is 13.9 Å². The van der Waals surface area contributed by atoms with Crippen LogP contribution in [0.4, 0.5) is 28.4 Å². The van der Waals surface area contributed by atoms with Crippen LogP contribution in [0.15, 0.2) is 108 Å². The first-order valence-corrected chi connectivity index (χ1v) is 27.9. The van der Waals surface area contributed by atoms with Crippen molar-refractivity contribution in [3.8, 4) is 0 Å². The van der Waals surface area contributed by atoms with Crippen LogP contribution in [0.2, 0.25) is 0 Å². The monoisotopic (exact) mass is 938 g/mol. The molecule has 0 radical (unpaired) electrons. The second-order valence-electron chi connectivity index (χ2n) is 21.2. The smallest absolute Gasteiger partial charge is 0.311 e. The maximum atomic E-state index is 8.29. The van der Waals surface area contributed by atoms with Gasteiger partial charge in [0, 0.05) is 37.6 Å². The minimum atomic E-state index is -1.50. The largest absolute Gasteiger partial charge is 0.414 e. The molecule has 67 heavy (non-hydrogen) atoms.